The molecule has 0 unspecified atom stereocenters. The summed E-state index contributed by atoms with van der Waals surface area (Å²) in [7, 11) is 2.13. The average molecular weight is 181 g/mol. The quantitative estimate of drug-likeness (QED) is 0.542. The Labute approximate surface area is 83.1 Å². The molecule has 0 atom stereocenters. The fourth-order valence-corrected chi connectivity index (χ4v) is 1.26. The molecule has 13 heavy (non-hydrogen) atoms. The third-order valence-electron chi connectivity index (χ3n) is 2.05. The van der Waals surface area contributed by atoms with E-state index in [9.17, 15) is 0 Å². The zero-order chi connectivity index (χ0) is 10.1. The largest absolute Gasteiger partial charge is 0.380 e. The predicted molar refractivity (Wildman–Crippen MR) is 60.7 cm³/mol. The first-order chi connectivity index (χ1) is 6.24. The minimum Gasteiger partial charge on any atom is -0.380 e. The molecule has 0 heterocycles. The zero-order valence-electron chi connectivity index (χ0n) is 9.34. The molecule has 0 saturated carbocycles. The van der Waals surface area contributed by atoms with Crippen LogP contribution >= 0.6 is 0 Å². The van der Waals surface area contributed by atoms with Gasteiger partial charge in [0.2, 0.25) is 0 Å². The van der Waals surface area contributed by atoms with Crippen molar-refractivity contribution in [3.63, 3.8) is 0 Å². The van der Waals surface area contributed by atoms with Gasteiger partial charge in [-0.1, -0.05) is 39.3 Å². The van der Waals surface area contributed by atoms with Gasteiger partial charge in [0, 0.05) is 19.8 Å². The van der Waals surface area contributed by atoms with E-state index in [1.165, 1.54) is 24.8 Å². The van der Waals surface area contributed by atoms with E-state index >= 15 is 0 Å². The molecular formula is C12H23N. The van der Waals surface area contributed by atoms with Crippen molar-refractivity contribution in [1.29, 1.82) is 0 Å². The maximum atomic E-state index is 3.82. The van der Waals surface area contributed by atoms with Crippen LogP contribution in [0.1, 0.15) is 39.5 Å². The number of hydrogen-bond donors (Lipinski definition) is 0. The average Bonchev–Trinajstić information content (AvgIpc) is 2.14. The van der Waals surface area contributed by atoms with Crippen molar-refractivity contribution in [2.75, 3.05) is 13.6 Å². The van der Waals surface area contributed by atoms with Crippen LogP contribution in [0, 0.1) is 0 Å². The highest BCUT2D eigenvalue weighted by Gasteiger charge is 1.94. The van der Waals surface area contributed by atoms with Gasteiger partial charge in [-0.05, 0) is 18.4 Å². The van der Waals surface area contributed by atoms with E-state index < -0.39 is 0 Å². The summed E-state index contributed by atoms with van der Waals surface area (Å²) in [5.74, 6) is 0. The van der Waals surface area contributed by atoms with Crippen LogP contribution in [-0.4, -0.2) is 18.5 Å². The smallest absolute Gasteiger partial charge is 0.0169 e. The Kier molecular flexibility index (Phi) is 7.47. The van der Waals surface area contributed by atoms with Crippen LogP contribution in [0.2, 0.25) is 0 Å². The van der Waals surface area contributed by atoms with Crippen LogP contribution in [-0.2, 0) is 0 Å². The van der Waals surface area contributed by atoms with E-state index in [0.29, 0.717) is 0 Å². The number of hydrogen-bond acceptors (Lipinski definition) is 1. The number of nitrogens with zero attached hydrogens (tertiary/aromatic N) is 1. The van der Waals surface area contributed by atoms with Gasteiger partial charge in [0.1, 0.15) is 0 Å². The van der Waals surface area contributed by atoms with Crippen LogP contribution in [0.4, 0.5) is 0 Å². The van der Waals surface area contributed by atoms with Gasteiger partial charge >= 0.3 is 0 Å². The van der Waals surface area contributed by atoms with Gasteiger partial charge in [-0.15, -0.1) is 0 Å². The minimum atomic E-state index is 1.14. The Hall–Kier alpha value is -0.720. The molecule has 0 N–H and O–H groups in total. The van der Waals surface area contributed by atoms with Gasteiger partial charge in [-0.2, -0.15) is 0 Å². The lowest BCUT2D eigenvalue weighted by atomic mass is 10.1. The van der Waals surface area contributed by atoms with Crippen LogP contribution in [0.5, 0.6) is 0 Å². The molecule has 0 rings (SSSR count). The Morgan fingerprint density at radius 3 is 2.46 bits per heavy atom. The van der Waals surface area contributed by atoms with Gasteiger partial charge in [-0.3, -0.25) is 0 Å². The van der Waals surface area contributed by atoms with Crippen molar-refractivity contribution < 1.29 is 0 Å². The van der Waals surface area contributed by atoms with E-state index in [2.05, 4.69) is 38.6 Å². The highest BCUT2D eigenvalue weighted by Crippen LogP contribution is 2.07. The molecule has 0 aromatic heterocycles. The summed E-state index contributed by atoms with van der Waals surface area (Å²) in [4.78, 5) is 2.26. The molecule has 0 aliphatic heterocycles. The number of allylic oxidation sites excluding steroid dienone is 2. The second-order valence-electron chi connectivity index (χ2n) is 3.49. The Morgan fingerprint density at radius 2 is 2.00 bits per heavy atom. The lowest BCUT2D eigenvalue weighted by Crippen LogP contribution is -2.12. The first kappa shape index (κ1) is 12.3. The molecule has 0 aliphatic carbocycles. The van der Waals surface area contributed by atoms with Crippen molar-refractivity contribution in [3.8, 4) is 0 Å². The highest BCUT2D eigenvalue weighted by molar-refractivity contribution is 5.14. The molecule has 0 spiro atoms. The molecule has 76 valence electrons. The maximum Gasteiger partial charge on any atom is 0.0169 e. The molecule has 0 aromatic rings. The van der Waals surface area contributed by atoms with Gasteiger partial charge in [0.25, 0.3) is 0 Å². The second kappa shape index (κ2) is 7.90. The topological polar surface area (TPSA) is 3.24 Å². The summed E-state index contributed by atoms with van der Waals surface area (Å²) in [6, 6.07) is 0. The van der Waals surface area contributed by atoms with E-state index in [0.717, 1.165) is 13.0 Å². The molecule has 1 heteroatoms. The lowest BCUT2D eigenvalue weighted by Gasteiger charge is -2.14. The SMILES string of the molecule is C=C/C(=C\N(C)CCCC)CCC. The van der Waals surface area contributed by atoms with Crippen molar-refractivity contribution in [3.05, 3.63) is 24.4 Å². The van der Waals surface area contributed by atoms with Crippen LogP contribution in [0.3, 0.4) is 0 Å². The Bertz CT molecular complexity index is 159. The Balaban J connectivity index is 3.91. The molecule has 1 nitrogen and oxygen atoms in total. The molecule has 0 bridgehead atoms. The third kappa shape index (κ3) is 6.44. The van der Waals surface area contributed by atoms with E-state index in [4.69, 9.17) is 0 Å². The highest BCUT2D eigenvalue weighted by atomic mass is 15.1. The van der Waals surface area contributed by atoms with Crippen molar-refractivity contribution in [2.45, 2.75) is 39.5 Å². The number of unbranched alkanes of at least 4 members (excludes halogenated alkanes) is 1. The molecule has 0 amide bonds. The molecular weight excluding hydrogens is 158 g/mol. The van der Waals surface area contributed by atoms with Crippen molar-refractivity contribution in [2.24, 2.45) is 0 Å². The summed E-state index contributed by atoms with van der Waals surface area (Å²) in [5.41, 5.74) is 1.35. The molecule has 0 aliphatic rings. The van der Waals surface area contributed by atoms with Crippen LogP contribution in [0.15, 0.2) is 24.4 Å². The van der Waals surface area contributed by atoms with Gasteiger partial charge in [0.15, 0.2) is 0 Å². The van der Waals surface area contributed by atoms with Crippen LogP contribution in [0.25, 0.3) is 0 Å². The minimum absolute atomic E-state index is 1.14. The van der Waals surface area contributed by atoms with E-state index in [1.807, 2.05) is 6.08 Å². The van der Waals surface area contributed by atoms with Crippen molar-refractivity contribution in [1.82, 2.24) is 4.90 Å². The van der Waals surface area contributed by atoms with Gasteiger partial charge in [0.05, 0.1) is 0 Å². The maximum absolute atomic E-state index is 3.82. The standard InChI is InChI=1S/C12H23N/c1-5-8-10-13(4)11-12(7-3)9-6-2/h7,11H,3,5-6,8-10H2,1-2,4H3/b12-11+. The van der Waals surface area contributed by atoms with Gasteiger partial charge < -0.3 is 4.90 Å². The molecule has 0 saturated heterocycles. The normalized spacial score (nSPS) is 11.5. The summed E-state index contributed by atoms with van der Waals surface area (Å²) >= 11 is 0. The fourth-order valence-electron chi connectivity index (χ4n) is 1.26. The van der Waals surface area contributed by atoms with E-state index in [-0.39, 0.29) is 0 Å². The summed E-state index contributed by atoms with van der Waals surface area (Å²) in [6.07, 6.45) is 9.04. The zero-order valence-corrected chi connectivity index (χ0v) is 9.34. The monoisotopic (exact) mass is 181 g/mol. The third-order valence-corrected chi connectivity index (χ3v) is 2.05. The van der Waals surface area contributed by atoms with E-state index in [1.54, 1.807) is 0 Å². The summed E-state index contributed by atoms with van der Waals surface area (Å²) in [5, 5.41) is 0. The predicted octanol–water partition coefficient (Wildman–Crippen LogP) is 3.59. The molecule has 0 radical (unpaired) electrons. The van der Waals surface area contributed by atoms with Crippen LogP contribution < -0.4 is 0 Å². The second-order valence-corrected chi connectivity index (χ2v) is 3.49. The molecule has 0 aromatic carbocycles. The lowest BCUT2D eigenvalue weighted by molar-refractivity contribution is 0.437. The molecule has 0 fully saturated rings. The van der Waals surface area contributed by atoms with Crippen molar-refractivity contribution >= 4 is 0 Å². The summed E-state index contributed by atoms with van der Waals surface area (Å²) in [6.45, 7) is 9.39. The fraction of sp³-hybridized carbons (Fsp3) is 0.667. The Morgan fingerprint density at radius 1 is 1.31 bits per heavy atom. The first-order valence-electron chi connectivity index (χ1n) is 5.28. The number of rotatable bonds is 7. The summed E-state index contributed by atoms with van der Waals surface area (Å²) < 4.78 is 0. The first-order valence-corrected chi connectivity index (χ1v) is 5.28. The van der Waals surface area contributed by atoms with Gasteiger partial charge in [-0.25, -0.2) is 0 Å².